The number of hydrogen-bond acceptors (Lipinski definition) is 4. The minimum Gasteiger partial charge on any atom is -0.379 e. The first-order valence-corrected chi connectivity index (χ1v) is 10.5. The van der Waals surface area contributed by atoms with Gasteiger partial charge in [-0.3, -0.25) is 4.79 Å². The molecule has 7 heteroatoms. The van der Waals surface area contributed by atoms with Crippen LogP contribution >= 0.6 is 0 Å². The summed E-state index contributed by atoms with van der Waals surface area (Å²) >= 11 is 0. The van der Waals surface area contributed by atoms with Gasteiger partial charge in [0, 0.05) is 30.7 Å². The Morgan fingerprint density at radius 2 is 1.92 bits per heavy atom. The average Bonchev–Trinajstić information content (AvgIpc) is 2.88. The van der Waals surface area contributed by atoms with Crippen molar-refractivity contribution in [3.05, 3.63) is 23.8 Å². The number of hydrogen-bond donors (Lipinski definition) is 0. The van der Waals surface area contributed by atoms with Crippen molar-refractivity contribution in [3.8, 4) is 0 Å². The second-order valence-electron chi connectivity index (χ2n) is 7.20. The third-order valence-corrected chi connectivity index (χ3v) is 7.46. The molecule has 1 saturated heterocycles. The number of amides is 1. The molecule has 0 N–H and O–H groups in total. The van der Waals surface area contributed by atoms with Crippen molar-refractivity contribution >= 4 is 21.6 Å². The van der Waals surface area contributed by atoms with E-state index < -0.39 is 10.0 Å². The molecule has 0 spiro atoms. The molecule has 2 fully saturated rings. The van der Waals surface area contributed by atoms with Crippen LogP contribution < -0.4 is 4.90 Å². The second-order valence-corrected chi connectivity index (χ2v) is 9.13. The molecule has 1 atom stereocenters. The summed E-state index contributed by atoms with van der Waals surface area (Å²) in [4.78, 5) is 14.9. The number of morpholine rings is 1. The molecule has 1 aliphatic carbocycles. The van der Waals surface area contributed by atoms with Crippen molar-refractivity contribution < 1.29 is 17.9 Å². The summed E-state index contributed by atoms with van der Waals surface area (Å²) in [6.07, 6.45) is 3.78. The third-order valence-electron chi connectivity index (χ3n) is 5.57. The van der Waals surface area contributed by atoms with Gasteiger partial charge < -0.3 is 9.64 Å². The maximum Gasteiger partial charge on any atom is 0.243 e. The van der Waals surface area contributed by atoms with Gasteiger partial charge in [-0.05, 0) is 49.9 Å². The molecule has 0 aromatic heterocycles. The lowest BCUT2D eigenvalue weighted by Gasteiger charge is -2.32. The lowest BCUT2D eigenvalue weighted by Crippen LogP contribution is -2.42. The number of anilines is 1. The van der Waals surface area contributed by atoms with E-state index in [-0.39, 0.29) is 17.9 Å². The average molecular weight is 364 g/mol. The van der Waals surface area contributed by atoms with Crippen molar-refractivity contribution in [2.45, 2.75) is 43.5 Å². The van der Waals surface area contributed by atoms with Gasteiger partial charge in [0.25, 0.3) is 0 Å². The van der Waals surface area contributed by atoms with Crippen LogP contribution in [0, 0.1) is 5.92 Å². The van der Waals surface area contributed by atoms with E-state index in [2.05, 4.69) is 0 Å². The Hall–Kier alpha value is -1.44. The summed E-state index contributed by atoms with van der Waals surface area (Å²) in [5.74, 6) is 0.339. The first-order chi connectivity index (χ1) is 12.0. The zero-order valence-corrected chi connectivity index (χ0v) is 15.3. The number of sulfonamides is 1. The van der Waals surface area contributed by atoms with E-state index in [1.165, 1.54) is 4.31 Å². The highest BCUT2D eigenvalue weighted by Gasteiger charge is 2.38. The Bertz CT molecular complexity index is 782. The van der Waals surface area contributed by atoms with E-state index in [4.69, 9.17) is 4.74 Å². The van der Waals surface area contributed by atoms with Crippen molar-refractivity contribution in [3.63, 3.8) is 0 Å². The Labute approximate surface area is 148 Å². The molecular weight excluding hydrogens is 340 g/mol. The molecule has 6 nitrogen and oxygen atoms in total. The van der Waals surface area contributed by atoms with E-state index in [1.54, 1.807) is 12.1 Å². The summed E-state index contributed by atoms with van der Waals surface area (Å²) in [5.41, 5.74) is 1.83. The normalized spacial score (nSPS) is 24.8. The van der Waals surface area contributed by atoms with Crippen LogP contribution in [0.3, 0.4) is 0 Å². The van der Waals surface area contributed by atoms with Crippen LogP contribution in [0.1, 0.15) is 31.7 Å². The Morgan fingerprint density at radius 1 is 1.20 bits per heavy atom. The van der Waals surface area contributed by atoms with Gasteiger partial charge in [-0.25, -0.2) is 8.42 Å². The summed E-state index contributed by atoms with van der Waals surface area (Å²) in [6.45, 7) is 3.69. The quantitative estimate of drug-likeness (QED) is 0.820. The maximum atomic E-state index is 12.8. The van der Waals surface area contributed by atoms with Gasteiger partial charge in [0.05, 0.1) is 18.1 Å². The fourth-order valence-electron chi connectivity index (χ4n) is 3.89. The molecule has 0 radical (unpaired) electrons. The van der Waals surface area contributed by atoms with Gasteiger partial charge >= 0.3 is 0 Å². The minimum atomic E-state index is -3.50. The van der Waals surface area contributed by atoms with Crippen LogP contribution in [-0.4, -0.2) is 51.0 Å². The first kappa shape index (κ1) is 17.0. The zero-order chi connectivity index (χ0) is 17.6. The molecule has 2 aliphatic heterocycles. The molecule has 1 saturated carbocycles. The van der Waals surface area contributed by atoms with Crippen LogP contribution in [0.2, 0.25) is 0 Å². The van der Waals surface area contributed by atoms with Gasteiger partial charge in [-0.2, -0.15) is 4.31 Å². The van der Waals surface area contributed by atoms with E-state index >= 15 is 0 Å². The SMILES string of the molecule is CC1Cc2cc(S(=O)(=O)N3CCOCC3)ccc2N1C(=O)C1CCC1. The predicted molar refractivity (Wildman–Crippen MR) is 94.0 cm³/mol. The first-order valence-electron chi connectivity index (χ1n) is 9.02. The minimum absolute atomic E-state index is 0.0874. The summed E-state index contributed by atoms with van der Waals surface area (Å²) < 4.78 is 32.4. The van der Waals surface area contributed by atoms with Gasteiger partial charge in [0.15, 0.2) is 0 Å². The molecule has 2 heterocycles. The van der Waals surface area contributed by atoms with Crippen molar-refractivity contribution in [2.24, 2.45) is 5.92 Å². The Morgan fingerprint density at radius 3 is 2.56 bits per heavy atom. The standard InChI is InChI=1S/C18H24N2O4S/c1-13-11-15-12-16(25(22,23)19-7-9-24-10-8-19)5-6-17(15)20(13)18(21)14-3-2-4-14/h5-6,12-14H,2-4,7-11H2,1H3. The molecule has 1 amide bonds. The summed E-state index contributed by atoms with van der Waals surface area (Å²) in [7, 11) is -3.50. The maximum absolute atomic E-state index is 12.8. The number of carbonyl (C=O) groups is 1. The van der Waals surface area contributed by atoms with E-state index in [0.717, 1.165) is 30.5 Å². The number of benzene rings is 1. The van der Waals surface area contributed by atoms with E-state index in [9.17, 15) is 13.2 Å². The number of nitrogens with zero attached hydrogens (tertiary/aromatic N) is 2. The largest absolute Gasteiger partial charge is 0.379 e. The zero-order valence-electron chi connectivity index (χ0n) is 14.5. The Balaban J connectivity index is 1.62. The molecule has 1 aromatic rings. The molecule has 1 unspecified atom stereocenters. The van der Waals surface area contributed by atoms with Gasteiger partial charge in [-0.15, -0.1) is 0 Å². The predicted octanol–water partition coefficient (Wildman–Crippen LogP) is 1.79. The molecule has 1 aromatic carbocycles. The highest BCUT2D eigenvalue weighted by Crippen LogP contribution is 2.38. The molecular formula is C18H24N2O4S. The fraction of sp³-hybridized carbons (Fsp3) is 0.611. The van der Waals surface area contributed by atoms with Crippen LogP contribution in [-0.2, 0) is 26.0 Å². The van der Waals surface area contributed by atoms with Crippen molar-refractivity contribution in [2.75, 3.05) is 31.2 Å². The van der Waals surface area contributed by atoms with Crippen LogP contribution in [0.5, 0.6) is 0 Å². The Kier molecular flexibility index (Phi) is 4.33. The number of ether oxygens (including phenoxy) is 1. The number of carbonyl (C=O) groups excluding carboxylic acids is 1. The molecule has 136 valence electrons. The smallest absolute Gasteiger partial charge is 0.243 e. The number of fused-ring (bicyclic) bond motifs is 1. The molecule has 25 heavy (non-hydrogen) atoms. The van der Waals surface area contributed by atoms with Gasteiger partial charge in [0.1, 0.15) is 0 Å². The van der Waals surface area contributed by atoms with Crippen molar-refractivity contribution in [1.29, 1.82) is 0 Å². The highest BCUT2D eigenvalue weighted by molar-refractivity contribution is 7.89. The van der Waals surface area contributed by atoms with Crippen LogP contribution in [0.25, 0.3) is 0 Å². The second kappa shape index (κ2) is 6.37. The van der Waals surface area contributed by atoms with Crippen molar-refractivity contribution in [1.82, 2.24) is 4.31 Å². The molecule has 4 rings (SSSR count). The van der Waals surface area contributed by atoms with Crippen LogP contribution in [0.15, 0.2) is 23.1 Å². The summed E-state index contributed by atoms with van der Waals surface area (Å²) in [6, 6.07) is 5.29. The van der Waals surface area contributed by atoms with Crippen LogP contribution in [0.4, 0.5) is 5.69 Å². The lowest BCUT2D eigenvalue weighted by atomic mass is 9.84. The number of rotatable bonds is 3. The fourth-order valence-corrected chi connectivity index (χ4v) is 5.35. The summed E-state index contributed by atoms with van der Waals surface area (Å²) in [5, 5.41) is 0. The third kappa shape index (κ3) is 2.88. The van der Waals surface area contributed by atoms with E-state index in [0.29, 0.717) is 37.6 Å². The topological polar surface area (TPSA) is 66.9 Å². The monoisotopic (exact) mass is 364 g/mol. The van der Waals surface area contributed by atoms with Gasteiger partial charge in [-0.1, -0.05) is 6.42 Å². The lowest BCUT2D eigenvalue weighted by molar-refractivity contribution is -0.125. The highest BCUT2D eigenvalue weighted by atomic mass is 32.2. The van der Waals surface area contributed by atoms with E-state index in [1.807, 2.05) is 17.9 Å². The van der Waals surface area contributed by atoms with Gasteiger partial charge in [0.2, 0.25) is 15.9 Å². The molecule has 0 bridgehead atoms. The molecule has 3 aliphatic rings.